The van der Waals surface area contributed by atoms with Gasteiger partial charge in [0.25, 0.3) is 0 Å². The maximum Gasteiger partial charge on any atom is 0.228 e. The second kappa shape index (κ2) is 10.7. The van der Waals surface area contributed by atoms with E-state index in [-0.39, 0.29) is 26.1 Å². The average molecular weight is 486 g/mol. The molecule has 2 aromatic heterocycles. The van der Waals surface area contributed by atoms with Crippen molar-refractivity contribution in [2.75, 3.05) is 63.0 Å². The number of hydrogen-bond donors (Lipinski definition) is 1. The first kappa shape index (κ1) is 24.5. The molecule has 0 unspecified atom stereocenters. The number of morpholine rings is 2. The molecular formula is C24H31N5O4S. The molecule has 4 heterocycles. The fourth-order valence-electron chi connectivity index (χ4n) is 4.39. The number of aromatic nitrogens is 3. The average Bonchev–Trinajstić information content (AvgIpc) is 2.88. The number of rotatable bonds is 5. The Kier molecular flexibility index (Phi) is 7.72. The molecule has 0 radical (unpaired) electrons. The number of hydrogen-bond acceptors (Lipinski definition) is 9. The molecule has 0 spiro atoms. The number of nitrogens with zero attached hydrogens (tertiary/aromatic N) is 5. The van der Waals surface area contributed by atoms with Gasteiger partial charge in [0.05, 0.1) is 62.8 Å². The van der Waals surface area contributed by atoms with E-state index in [0.717, 1.165) is 53.2 Å². The van der Waals surface area contributed by atoms with Gasteiger partial charge < -0.3 is 29.1 Å². The Morgan fingerprint density at radius 1 is 1.09 bits per heavy atom. The van der Waals surface area contributed by atoms with Crippen molar-refractivity contribution < 1.29 is 19.3 Å². The summed E-state index contributed by atoms with van der Waals surface area (Å²) < 4.78 is 16.5. The number of methoxy groups -OCH3 is 1. The summed E-state index contributed by atoms with van der Waals surface area (Å²) >= 11 is 0. The molecule has 3 aromatic rings. The molecule has 1 aromatic carbocycles. The maximum atomic E-state index is 9.73. The summed E-state index contributed by atoms with van der Waals surface area (Å²) in [5, 5.41) is 10.6. The Hall–Kier alpha value is -2.66. The van der Waals surface area contributed by atoms with E-state index in [4.69, 9.17) is 29.2 Å². The summed E-state index contributed by atoms with van der Waals surface area (Å²) in [5.41, 5.74) is 3.24. The van der Waals surface area contributed by atoms with Crippen molar-refractivity contribution >= 4 is 36.2 Å². The molecule has 1 N–H and O–H groups in total. The van der Waals surface area contributed by atoms with Crippen LogP contribution in [0.2, 0.25) is 0 Å². The fourth-order valence-corrected chi connectivity index (χ4v) is 4.39. The molecule has 2 fully saturated rings. The first-order valence-electron chi connectivity index (χ1n) is 11.3. The molecule has 0 saturated carbocycles. The Labute approximate surface area is 206 Å². The van der Waals surface area contributed by atoms with Crippen LogP contribution in [0.5, 0.6) is 5.75 Å². The number of aliphatic hydroxyl groups excluding tert-OH is 1. The maximum absolute atomic E-state index is 9.73. The lowest BCUT2D eigenvalue weighted by Gasteiger charge is -2.35. The van der Waals surface area contributed by atoms with Crippen LogP contribution in [0.1, 0.15) is 12.5 Å². The normalized spacial score (nSPS) is 18.6. The topological polar surface area (TPSA) is 93.1 Å². The molecule has 0 bridgehead atoms. The van der Waals surface area contributed by atoms with Gasteiger partial charge >= 0.3 is 0 Å². The minimum absolute atomic E-state index is 0. The lowest BCUT2D eigenvalue weighted by Crippen LogP contribution is -2.45. The second-order valence-electron chi connectivity index (χ2n) is 8.34. The van der Waals surface area contributed by atoms with Gasteiger partial charge in [-0.15, -0.1) is 0 Å². The van der Waals surface area contributed by atoms with Gasteiger partial charge in [-0.1, -0.05) is 0 Å². The number of anilines is 2. The molecule has 1 atom stereocenters. The van der Waals surface area contributed by atoms with Gasteiger partial charge in [0.1, 0.15) is 11.6 Å². The van der Waals surface area contributed by atoms with E-state index >= 15 is 0 Å². The Bertz CT molecular complexity index is 1140. The summed E-state index contributed by atoms with van der Waals surface area (Å²) in [6.45, 7) is 7.02. The predicted molar refractivity (Wildman–Crippen MR) is 136 cm³/mol. The lowest BCUT2D eigenvalue weighted by molar-refractivity contribution is 0.0981. The molecule has 182 valence electrons. The summed E-state index contributed by atoms with van der Waals surface area (Å²) in [5.74, 6) is 2.26. The Morgan fingerprint density at radius 2 is 1.88 bits per heavy atom. The number of fused-ring (bicyclic) bond motifs is 1. The zero-order valence-corrected chi connectivity index (χ0v) is 20.5. The van der Waals surface area contributed by atoms with E-state index in [1.165, 1.54) is 0 Å². The van der Waals surface area contributed by atoms with Gasteiger partial charge in [-0.3, -0.25) is 4.98 Å². The van der Waals surface area contributed by atoms with Crippen LogP contribution in [0.3, 0.4) is 0 Å². The van der Waals surface area contributed by atoms with Crippen LogP contribution < -0.4 is 14.5 Å². The molecule has 0 amide bonds. The van der Waals surface area contributed by atoms with Crippen molar-refractivity contribution in [3.63, 3.8) is 0 Å². The molecule has 0 aliphatic carbocycles. The van der Waals surface area contributed by atoms with Crippen molar-refractivity contribution in [3.8, 4) is 17.0 Å². The van der Waals surface area contributed by atoms with Gasteiger partial charge in [-0.2, -0.15) is 18.5 Å². The van der Waals surface area contributed by atoms with Crippen molar-refractivity contribution in [2.24, 2.45) is 0 Å². The SMILES string of the molecule is COc1ccc(-c2cc3nc(N4CCOC[C@@H]4C)nc(N4CCOCC4)c3cn2)cc1CO.S. The van der Waals surface area contributed by atoms with E-state index < -0.39 is 0 Å². The highest BCUT2D eigenvalue weighted by Crippen LogP contribution is 2.32. The highest BCUT2D eigenvalue weighted by molar-refractivity contribution is 7.59. The predicted octanol–water partition coefficient (Wildman–Crippen LogP) is 2.37. The van der Waals surface area contributed by atoms with Crippen LogP contribution in [-0.2, 0) is 16.1 Å². The first-order chi connectivity index (χ1) is 16.2. The van der Waals surface area contributed by atoms with Gasteiger partial charge in [-0.05, 0) is 31.2 Å². The Balaban J connectivity index is 0.00000274. The first-order valence-corrected chi connectivity index (χ1v) is 11.3. The summed E-state index contributed by atoms with van der Waals surface area (Å²) in [7, 11) is 1.60. The van der Waals surface area contributed by atoms with Crippen LogP contribution in [0.25, 0.3) is 22.2 Å². The highest BCUT2D eigenvalue weighted by Gasteiger charge is 2.25. The zero-order chi connectivity index (χ0) is 22.8. The highest BCUT2D eigenvalue weighted by atomic mass is 32.1. The van der Waals surface area contributed by atoms with Crippen molar-refractivity contribution in [1.82, 2.24) is 15.0 Å². The molecule has 2 aliphatic rings. The summed E-state index contributed by atoms with van der Waals surface area (Å²) in [6, 6.07) is 7.90. The third-order valence-electron chi connectivity index (χ3n) is 6.23. The zero-order valence-electron chi connectivity index (χ0n) is 19.5. The number of aliphatic hydroxyl groups is 1. The van der Waals surface area contributed by atoms with Crippen LogP contribution >= 0.6 is 13.5 Å². The van der Waals surface area contributed by atoms with E-state index in [1.807, 2.05) is 30.5 Å². The van der Waals surface area contributed by atoms with E-state index in [2.05, 4.69) is 16.7 Å². The monoisotopic (exact) mass is 485 g/mol. The molecule has 2 saturated heterocycles. The van der Waals surface area contributed by atoms with Gasteiger partial charge in [-0.25, -0.2) is 4.98 Å². The molecule has 9 nitrogen and oxygen atoms in total. The largest absolute Gasteiger partial charge is 0.496 e. The van der Waals surface area contributed by atoms with Crippen LogP contribution in [0, 0.1) is 0 Å². The van der Waals surface area contributed by atoms with Crippen LogP contribution in [0.15, 0.2) is 30.5 Å². The van der Waals surface area contributed by atoms with Crippen molar-refractivity contribution in [1.29, 1.82) is 0 Å². The molecule has 2 aliphatic heterocycles. The van der Waals surface area contributed by atoms with Crippen molar-refractivity contribution in [2.45, 2.75) is 19.6 Å². The van der Waals surface area contributed by atoms with Crippen LogP contribution in [0.4, 0.5) is 11.8 Å². The Morgan fingerprint density at radius 3 is 2.62 bits per heavy atom. The number of pyridine rings is 1. The lowest BCUT2D eigenvalue weighted by atomic mass is 10.1. The minimum atomic E-state index is -0.104. The van der Waals surface area contributed by atoms with Gasteiger partial charge in [0, 0.05) is 37.0 Å². The third kappa shape index (κ3) is 4.76. The second-order valence-corrected chi connectivity index (χ2v) is 8.34. The van der Waals surface area contributed by atoms with E-state index in [9.17, 15) is 5.11 Å². The van der Waals surface area contributed by atoms with Gasteiger partial charge in [0.2, 0.25) is 5.95 Å². The number of ether oxygens (including phenoxy) is 3. The van der Waals surface area contributed by atoms with E-state index in [1.54, 1.807) is 7.11 Å². The third-order valence-corrected chi connectivity index (χ3v) is 6.23. The van der Waals surface area contributed by atoms with Gasteiger partial charge in [0.15, 0.2) is 0 Å². The van der Waals surface area contributed by atoms with Crippen molar-refractivity contribution in [3.05, 3.63) is 36.0 Å². The minimum Gasteiger partial charge on any atom is -0.496 e. The quantitative estimate of drug-likeness (QED) is 0.585. The molecule has 34 heavy (non-hydrogen) atoms. The summed E-state index contributed by atoms with van der Waals surface area (Å²) in [6.07, 6.45) is 1.85. The van der Waals surface area contributed by atoms with Crippen LogP contribution in [-0.4, -0.2) is 79.3 Å². The molecule has 5 rings (SSSR count). The molecule has 10 heteroatoms. The number of benzene rings is 1. The molecular weight excluding hydrogens is 454 g/mol. The standard InChI is InChI=1S/C24H29N5O4.H2S/c1-16-15-33-10-7-29(16)24-26-21-12-20(17-3-4-22(31-2)18(11-17)14-30)25-13-19(21)23(27-24)28-5-8-32-9-6-28;/h3-4,11-13,16,30H,5-10,14-15H2,1-2H3;1H2/t16-;/m0./s1. The fraction of sp³-hybridized carbons (Fsp3) is 0.458. The summed E-state index contributed by atoms with van der Waals surface area (Å²) in [4.78, 5) is 19.1. The van der Waals surface area contributed by atoms with E-state index in [0.29, 0.717) is 38.1 Å². The smallest absolute Gasteiger partial charge is 0.228 e.